The van der Waals surface area contributed by atoms with Gasteiger partial charge in [-0.15, -0.1) is 0 Å². The van der Waals surface area contributed by atoms with Crippen LogP contribution in [0.1, 0.15) is 10.5 Å². The summed E-state index contributed by atoms with van der Waals surface area (Å²) in [5, 5.41) is 11.0. The number of nitrogens with zero attached hydrogens (tertiary/aromatic N) is 1. The predicted octanol–water partition coefficient (Wildman–Crippen LogP) is 0.566. The molecule has 2 N–H and O–H groups in total. The van der Waals surface area contributed by atoms with Crippen LogP contribution in [-0.2, 0) is 0 Å². The zero-order valence-corrected chi connectivity index (χ0v) is 8.41. The third kappa shape index (κ3) is 3.12. The monoisotopic (exact) mass is 244 g/mol. The number of halogens is 1. The van der Waals surface area contributed by atoms with Crippen LogP contribution in [0.5, 0.6) is 0 Å². The third-order valence-corrected chi connectivity index (χ3v) is 1.83. The van der Waals surface area contributed by atoms with E-state index in [1.165, 1.54) is 0 Å². The van der Waals surface area contributed by atoms with E-state index in [-0.39, 0.29) is 19.1 Å². The molecule has 0 unspecified atom stereocenters. The summed E-state index contributed by atoms with van der Waals surface area (Å²) >= 11 is 3.21. The molecule has 0 aliphatic rings. The van der Waals surface area contributed by atoms with Gasteiger partial charge in [0, 0.05) is 17.2 Å². The number of aliphatic hydroxyl groups excluding tert-OH is 1. The fourth-order valence-corrected chi connectivity index (χ4v) is 1.00. The molecule has 0 aliphatic heterocycles. The van der Waals surface area contributed by atoms with Crippen molar-refractivity contribution in [1.82, 2.24) is 10.3 Å². The first-order chi connectivity index (χ1) is 6.24. The van der Waals surface area contributed by atoms with Crippen LogP contribution >= 0.6 is 15.9 Å². The van der Waals surface area contributed by atoms with E-state index in [0.717, 1.165) is 4.47 Å². The molecular formula is C8H9BrN2O2. The minimum absolute atomic E-state index is 0.0672. The lowest BCUT2D eigenvalue weighted by Gasteiger charge is -2.01. The normalized spacial score (nSPS) is 9.69. The van der Waals surface area contributed by atoms with E-state index in [1.807, 2.05) is 0 Å². The number of aromatic nitrogens is 1. The molecule has 70 valence electrons. The Hall–Kier alpha value is -0.940. The molecule has 1 amide bonds. The molecule has 1 aromatic rings. The summed E-state index contributed by atoms with van der Waals surface area (Å²) in [6.45, 7) is 0.179. The predicted molar refractivity (Wildman–Crippen MR) is 51.4 cm³/mol. The summed E-state index contributed by atoms with van der Waals surface area (Å²) < 4.78 is 0.825. The van der Waals surface area contributed by atoms with E-state index in [0.29, 0.717) is 5.69 Å². The smallest absolute Gasteiger partial charge is 0.269 e. The lowest BCUT2D eigenvalue weighted by Crippen LogP contribution is -2.27. The zero-order valence-electron chi connectivity index (χ0n) is 6.83. The molecule has 1 heterocycles. The summed E-state index contributed by atoms with van der Waals surface area (Å²) in [4.78, 5) is 15.1. The molecule has 13 heavy (non-hydrogen) atoms. The largest absolute Gasteiger partial charge is 0.395 e. The number of carbonyl (C=O) groups is 1. The van der Waals surface area contributed by atoms with Crippen LogP contribution in [0.25, 0.3) is 0 Å². The number of rotatable bonds is 3. The van der Waals surface area contributed by atoms with Crippen molar-refractivity contribution in [3.8, 4) is 0 Å². The van der Waals surface area contributed by atoms with Crippen LogP contribution < -0.4 is 5.32 Å². The van der Waals surface area contributed by atoms with Gasteiger partial charge < -0.3 is 10.4 Å². The number of aliphatic hydroxyl groups is 1. The van der Waals surface area contributed by atoms with Crippen LogP contribution in [0.15, 0.2) is 22.8 Å². The lowest BCUT2D eigenvalue weighted by molar-refractivity contribution is 0.0940. The van der Waals surface area contributed by atoms with E-state index < -0.39 is 0 Å². The van der Waals surface area contributed by atoms with Gasteiger partial charge in [0.05, 0.1) is 6.61 Å². The molecule has 0 saturated carbocycles. The SMILES string of the molecule is O=C(NCCO)c1ccc(Br)cn1. The zero-order chi connectivity index (χ0) is 9.68. The second kappa shape index (κ2) is 4.94. The van der Waals surface area contributed by atoms with Crippen LogP contribution in [0.3, 0.4) is 0 Å². The number of hydrogen-bond donors (Lipinski definition) is 2. The molecule has 0 saturated heterocycles. The Morgan fingerprint density at radius 1 is 1.62 bits per heavy atom. The first-order valence-electron chi connectivity index (χ1n) is 3.74. The second-order valence-electron chi connectivity index (χ2n) is 2.34. The third-order valence-electron chi connectivity index (χ3n) is 1.36. The van der Waals surface area contributed by atoms with Crippen molar-refractivity contribution in [2.24, 2.45) is 0 Å². The minimum Gasteiger partial charge on any atom is -0.395 e. The maximum absolute atomic E-state index is 11.2. The molecule has 0 fully saturated rings. The van der Waals surface area contributed by atoms with Gasteiger partial charge in [0.1, 0.15) is 5.69 Å². The average molecular weight is 245 g/mol. The highest BCUT2D eigenvalue weighted by Crippen LogP contribution is 2.06. The summed E-state index contributed by atoms with van der Waals surface area (Å²) in [6, 6.07) is 3.34. The topological polar surface area (TPSA) is 62.2 Å². The van der Waals surface area contributed by atoms with E-state index in [4.69, 9.17) is 5.11 Å². The Morgan fingerprint density at radius 2 is 2.38 bits per heavy atom. The summed E-state index contributed by atoms with van der Waals surface area (Å²) in [7, 11) is 0. The number of hydrogen-bond acceptors (Lipinski definition) is 3. The van der Waals surface area contributed by atoms with E-state index in [2.05, 4.69) is 26.2 Å². The van der Waals surface area contributed by atoms with Crippen LogP contribution in [-0.4, -0.2) is 29.1 Å². The summed E-state index contributed by atoms with van der Waals surface area (Å²) in [6.07, 6.45) is 1.55. The van der Waals surface area contributed by atoms with Crippen molar-refractivity contribution in [3.05, 3.63) is 28.5 Å². The fourth-order valence-electron chi connectivity index (χ4n) is 0.770. The van der Waals surface area contributed by atoms with E-state index >= 15 is 0 Å². The highest BCUT2D eigenvalue weighted by atomic mass is 79.9. The van der Waals surface area contributed by atoms with Gasteiger partial charge in [-0.1, -0.05) is 0 Å². The molecule has 5 heteroatoms. The van der Waals surface area contributed by atoms with Crippen molar-refractivity contribution in [1.29, 1.82) is 0 Å². The minimum atomic E-state index is -0.276. The molecular weight excluding hydrogens is 236 g/mol. The number of amides is 1. The quantitative estimate of drug-likeness (QED) is 0.818. The first kappa shape index (κ1) is 10.1. The molecule has 0 aromatic carbocycles. The van der Waals surface area contributed by atoms with Gasteiger partial charge >= 0.3 is 0 Å². The molecule has 0 bridgehead atoms. The lowest BCUT2D eigenvalue weighted by atomic mass is 10.3. The number of nitrogens with one attached hydrogen (secondary N) is 1. The Bertz CT molecular complexity index is 287. The second-order valence-corrected chi connectivity index (χ2v) is 3.26. The van der Waals surface area contributed by atoms with Crippen molar-refractivity contribution < 1.29 is 9.90 Å². The maximum atomic E-state index is 11.2. The fraction of sp³-hybridized carbons (Fsp3) is 0.250. The van der Waals surface area contributed by atoms with Crippen molar-refractivity contribution in [2.45, 2.75) is 0 Å². The van der Waals surface area contributed by atoms with Crippen LogP contribution in [0, 0.1) is 0 Å². The van der Waals surface area contributed by atoms with Gasteiger partial charge in [-0.05, 0) is 28.1 Å². The van der Waals surface area contributed by atoms with E-state index in [1.54, 1.807) is 18.3 Å². The van der Waals surface area contributed by atoms with Crippen LogP contribution in [0.4, 0.5) is 0 Å². The van der Waals surface area contributed by atoms with Gasteiger partial charge in [-0.2, -0.15) is 0 Å². The highest BCUT2D eigenvalue weighted by Gasteiger charge is 2.04. The standard InChI is InChI=1S/C8H9BrN2O2/c9-6-1-2-7(11-5-6)8(13)10-3-4-12/h1-2,5,12H,3-4H2,(H,10,13). The molecule has 4 nitrogen and oxygen atoms in total. The van der Waals surface area contributed by atoms with Crippen LogP contribution in [0.2, 0.25) is 0 Å². The Kier molecular flexibility index (Phi) is 3.85. The van der Waals surface area contributed by atoms with Gasteiger partial charge in [0.15, 0.2) is 0 Å². The van der Waals surface area contributed by atoms with E-state index in [9.17, 15) is 4.79 Å². The molecule has 0 radical (unpaired) electrons. The first-order valence-corrected chi connectivity index (χ1v) is 4.54. The molecule has 0 atom stereocenters. The van der Waals surface area contributed by atoms with Gasteiger partial charge in [-0.3, -0.25) is 4.79 Å². The van der Waals surface area contributed by atoms with Crippen molar-refractivity contribution in [2.75, 3.05) is 13.2 Å². The van der Waals surface area contributed by atoms with Gasteiger partial charge in [-0.25, -0.2) is 4.98 Å². The Morgan fingerprint density at radius 3 is 2.92 bits per heavy atom. The van der Waals surface area contributed by atoms with Gasteiger partial charge in [0.2, 0.25) is 0 Å². The number of pyridine rings is 1. The molecule has 0 spiro atoms. The average Bonchev–Trinajstić information content (AvgIpc) is 2.15. The van der Waals surface area contributed by atoms with Crippen molar-refractivity contribution in [3.63, 3.8) is 0 Å². The summed E-state index contributed by atoms with van der Waals surface area (Å²) in [5.74, 6) is -0.276. The maximum Gasteiger partial charge on any atom is 0.269 e. The Balaban J connectivity index is 2.61. The van der Waals surface area contributed by atoms with Crippen molar-refractivity contribution >= 4 is 21.8 Å². The number of carbonyl (C=O) groups excluding carboxylic acids is 1. The summed E-state index contributed by atoms with van der Waals surface area (Å²) in [5.41, 5.74) is 0.344. The molecule has 1 aromatic heterocycles. The highest BCUT2D eigenvalue weighted by molar-refractivity contribution is 9.10. The Labute approximate surface area is 84.1 Å². The van der Waals surface area contributed by atoms with Gasteiger partial charge in [0.25, 0.3) is 5.91 Å². The molecule has 0 aliphatic carbocycles. The molecule has 1 rings (SSSR count).